The smallest absolute Gasteiger partial charge is 0.462 e. The quantitative estimate of drug-likeness (QED) is 0.0291. The molecule has 1 unspecified atom stereocenters. The van der Waals surface area contributed by atoms with Crippen molar-refractivity contribution in [3.8, 4) is 0 Å². The van der Waals surface area contributed by atoms with Crippen molar-refractivity contribution in [2.75, 3.05) is 26.4 Å². The summed E-state index contributed by atoms with van der Waals surface area (Å²) in [6, 6.07) is 0. The Morgan fingerprint density at radius 3 is 1.57 bits per heavy atom. The van der Waals surface area contributed by atoms with Crippen LogP contribution < -0.4 is 5.73 Å². The molecule has 2 atom stereocenters. The van der Waals surface area contributed by atoms with Gasteiger partial charge >= 0.3 is 19.8 Å². The highest BCUT2D eigenvalue weighted by molar-refractivity contribution is 7.47. The van der Waals surface area contributed by atoms with Crippen LogP contribution in [0.3, 0.4) is 0 Å². The summed E-state index contributed by atoms with van der Waals surface area (Å²) in [5, 5.41) is 0. The third kappa shape index (κ3) is 32.7. The Balaban J connectivity index is 4.25. The molecule has 9 nitrogen and oxygen atoms in total. The molecule has 0 bridgehead atoms. The van der Waals surface area contributed by atoms with Gasteiger partial charge < -0.3 is 20.1 Å². The van der Waals surface area contributed by atoms with Crippen LogP contribution in [0.4, 0.5) is 0 Å². The molecule has 0 aliphatic carbocycles. The van der Waals surface area contributed by atoms with Crippen molar-refractivity contribution in [3.63, 3.8) is 0 Å². The van der Waals surface area contributed by atoms with Gasteiger partial charge in [-0.2, -0.15) is 0 Å². The minimum absolute atomic E-state index is 0.0536. The van der Waals surface area contributed by atoms with E-state index in [2.05, 4.69) is 26.0 Å². The summed E-state index contributed by atoms with van der Waals surface area (Å²) in [5.41, 5.74) is 5.32. The van der Waals surface area contributed by atoms with E-state index in [1.807, 2.05) is 0 Å². The zero-order valence-electron chi connectivity index (χ0n) is 29.6. The van der Waals surface area contributed by atoms with Crippen LogP contribution in [-0.4, -0.2) is 49.3 Å². The molecule has 0 radical (unpaired) electrons. The molecule has 0 aliphatic rings. The monoisotopic (exact) mass is 675 g/mol. The van der Waals surface area contributed by atoms with Crippen LogP contribution in [0.1, 0.15) is 174 Å². The van der Waals surface area contributed by atoms with Crippen LogP contribution in [0.15, 0.2) is 12.2 Å². The number of nitrogens with two attached hydrogens (primary N) is 1. The molecule has 0 saturated heterocycles. The molecular weight excluding hydrogens is 605 g/mol. The summed E-state index contributed by atoms with van der Waals surface area (Å²) in [4.78, 5) is 34.6. The third-order valence-electron chi connectivity index (χ3n) is 7.90. The van der Waals surface area contributed by atoms with Crippen molar-refractivity contribution in [2.24, 2.45) is 5.73 Å². The van der Waals surface area contributed by atoms with E-state index in [1.54, 1.807) is 0 Å². The summed E-state index contributed by atoms with van der Waals surface area (Å²) in [6.45, 7) is 3.70. The number of phosphoric ester groups is 1. The number of ether oxygens (including phenoxy) is 2. The maximum absolute atomic E-state index is 12.5. The number of phosphoric acid groups is 1. The van der Waals surface area contributed by atoms with Crippen molar-refractivity contribution in [3.05, 3.63) is 12.2 Å². The number of esters is 2. The van der Waals surface area contributed by atoms with E-state index in [9.17, 15) is 19.0 Å². The number of rotatable bonds is 35. The van der Waals surface area contributed by atoms with Gasteiger partial charge in [0.1, 0.15) is 6.61 Å². The Morgan fingerprint density at radius 1 is 0.630 bits per heavy atom. The van der Waals surface area contributed by atoms with Gasteiger partial charge in [0, 0.05) is 19.4 Å². The molecular formula is C36H70NO8P. The molecule has 272 valence electrons. The van der Waals surface area contributed by atoms with Gasteiger partial charge in [-0.3, -0.25) is 18.6 Å². The molecule has 0 aromatic heterocycles. The first-order chi connectivity index (χ1) is 22.3. The normalized spacial score (nSPS) is 13.6. The number of unbranched alkanes of at least 4 members (excludes halogenated alkanes) is 20. The Hall–Kier alpha value is -1.25. The Morgan fingerprint density at radius 2 is 1.07 bits per heavy atom. The van der Waals surface area contributed by atoms with Gasteiger partial charge in [-0.25, -0.2) is 4.57 Å². The van der Waals surface area contributed by atoms with E-state index in [0.717, 1.165) is 44.9 Å². The zero-order chi connectivity index (χ0) is 34.0. The number of hydrogen-bond donors (Lipinski definition) is 2. The topological polar surface area (TPSA) is 134 Å². The fourth-order valence-electron chi connectivity index (χ4n) is 5.10. The molecule has 46 heavy (non-hydrogen) atoms. The van der Waals surface area contributed by atoms with Crippen LogP contribution in [0, 0.1) is 0 Å². The highest BCUT2D eigenvalue weighted by Gasteiger charge is 2.25. The Labute approximate surface area is 281 Å². The first kappa shape index (κ1) is 44.8. The number of hydrogen-bond acceptors (Lipinski definition) is 8. The van der Waals surface area contributed by atoms with Crippen LogP contribution in [-0.2, 0) is 32.7 Å². The van der Waals surface area contributed by atoms with E-state index in [0.29, 0.717) is 6.42 Å². The van der Waals surface area contributed by atoms with Gasteiger partial charge in [-0.05, 0) is 38.5 Å². The van der Waals surface area contributed by atoms with Gasteiger partial charge in [-0.15, -0.1) is 0 Å². The molecule has 3 N–H and O–H groups in total. The van der Waals surface area contributed by atoms with Gasteiger partial charge in [0.15, 0.2) is 6.10 Å². The molecule has 0 rings (SSSR count). The molecule has 0 amide bonds. The lowest BCUT2D eigenvalue weighted by Crippen LogP contribution is -2.29. The summed E-state index contributed by atoms with van der Waals surface area (Å²) in [6.07, 6.45) is 31.0. The van der Waals surface area contributed by atoms with Gasteiger partial charge in [-0.1, -0.05) is 135 Å². The largest absolute Gasteiger partial charge is 0.472 e. The fourth-order valence-corrected chi connectivity index (χ4v) is 5.86. The molecule has 0 fully saturated rings. The van der Waals surface area contributed by atoms with Crippen LogP contribution >= 0.6 is 7.82 Å². The SMILES string of the molecule is CCCCCCCC/C=C/CCCCCC(=O)O[C@H](COC(=O)CCCCCCCCCCCCCC)COP(=O)(O)OCCN. The predicted molar refractivity (Wildman–Crippen MR) is 188 cm³/mol. The molecule has 10 heteroatoms. The maximum Gasteiger partial charge on any atom is 0.472 e. The van der Waals surface area contributed by atoms with Crippen LogP contribution in [0.25, 0.3) is 0 Å². The molecule has 0 aliphatic heterocycles. The van der Waals surface area contributed by atoms with Crippen LogP contribution in [0.2, 0.25) is 0 Å². The molecule has 0 aromatic rings. The fraction of sp³-hybridized carbons (Fsp3) is 0.889. The van der Waals surface area contributed by atoms with E-state index < -0.39 is 26.5 Å². The van der Waals surface area contributed by atoms with Gasteiger partial charge in [0.25, 0.3) is 0 Å². The van der Waals surface area contributed by atoms with Crippen molar-refractivity contribution in [1.29, 1.82) is 0 Å². The summed E-state index contributed by atoms with van der Waals surface area (Å²) >= 11 is 0. The zero-order valence-corrected chi connectivity index (χ0v) is 30.5. The summed E-state index contributed by atoms with van der Waals surface area (Å²) in [7, 11) is -4.37. The molecule has 0 heterocycles. The highest BCUT2D eigenvalue weighted by Crippen LogP contribution is 2.43. The second-order valence-corrected chi connectivity index (χ2v) is 13.9. The van der Waals surface area contributed by atoms with E-state index >= 15 is 0 Å². The van der Waals surface area contributed by atoms with Crippen molar-refractivity contribution in [1.82, 2.24) is 0 Å². The number of carbonyl (C=O) groups excluding carboxylic acids is 2. The maximum atomic E-state index is 12.5. The second-order valence-electron chi connectivity index (χ2n) is 12.4. The number of carbonyl (C=O) groups is 2. The molecule has 0 spiro atoms. The molecule has 0 saturated carbocycles. The summed E-state index contributed by atoms with van der Waals surface area (Å²) < 4.78 is 32.6. The van der Waals surface area contributed by atoms with E-state index in [1.165, 1.54) is 96.3 Å². The lowest BCUT2D eigenvalue weighted by molar-refractivity contribution is -0.161. The van der Waals surface area contributed by atoms with Crippen LogP contribution in [0.5, 0.6) is 0 Å². The average molecular weight is 676 g/mol. The Bertz CT molecular complexity index is 779. The van der Waals surface area contributed by atoms with Gasteiger partial charge in [0.05, 0.1) is 13.2 Å². The minimum Gasteiger partial charge on any atom is -0.462 e. The third-order valence-corrected chi connectivity index (χ3v) is 8.89. The highest BCUT2D eigenvalue weighted by atomic mass is 31.2. The lowest BCUT2D eigenvalue weighted by Gasteiger charge is -2.19. The second kappa shape index (κ2) is 33.6. The van der Waals surface area contributed by atoms with Gasteiger partial charge in [0.2, 0.25) is 0 Å². The van der Waals surface area contributed by atoms with Crippen molar-refractivity contribution < 1.29 is 37.6 Å². The van der Waals surface area contributed by atoms with Crippen molar-refractivity contribution in [2.45, 2.75) is 180 Å². The van der Waals surface area contributed by atoms with E-state index in [4.69, 9.17) is 24.3 Å². The lowest BCUT2D eigenvalue weighted by atomic mass is 10.0. The standard InChI is InChI=1S/C36H70NO8P/c1-3-5-7-9-11-13-15-17-19-21-23-25-27-29-36(39)45-34(33-44-46(40,41)43-31-30-37)32-42-35(38)28-26-24-22-20-18-16-14-12-10-8-6-4-2/h17,19,34H,3-16,18,20-33,37H2,1-2H3,(H,40,41)/b19-17+/t34-/m1/s1. The molecule has 0 aromatic carbocycles. The Kier molecular flexibility index (Phi) is 32.7. The first-order valence-corrected chi connectivity index (χ1v) is 20.2. The number of allylic oxidation sites excluding steroid dienone is 2. The van der Waals surface area contributed by atoms with E-state index in [-0.39, 0.29) is 38.6 Å². The van der Waals surface area contributed by atoms with Crippen molar-refractivity contribution >= 4 is 19.8 Å². The summed E-state index contributed by atoms with van der Waals surface area (Å²) in [5.74, 6) is -0.843. The average Bonchev–Trinajstić information content (AvgIpc) is 3.04. The first-order valence-electron chi connectivity index (χ1n) is 18.7. The predicted octanol–water partition coefficient (Wildman–Crippen LogP) is 9.88. The minimum atomic E-state index is -4.37.